The zero-order chi connectivity index (χ0) is 21.8. The summed E-state index contributed by atoms with van der Waals surface area (Å²) in [4.78, 5) is 22.2. The zero-order valence-electron chi connectivity index (χ0n) is 17.2. The van der Waals surface area contributed by atoms with Crippen LogP contribution in [0, 0.1) is 5.92 Å². The molecule has 0 radical (unpaired) electrons. The number of hydrogen-bond donors (Lipinski definition) is 0. The van der Waals surface area contributed by atoms with Crippen LogP contribution in [0.1, 0.15) is 44.0 Å². The maximum atomic E-state index is 13.1. The molecule has 0 N–H and O–H groups in total. The number of carbonyl (C=O) groups is 1. The van der Waals surface area contributed by atoms with E-state index in [4.69, 9.17) is 37.2 Å². The molecule has 1 aromatic carbocycles. The first kappa shape index (κ1) is 22.5. The van der Waals surface area contributed by atoms with Gasteiger partial charge in [0.15, 0.2) is 5.82 Å². The lowest BCUT2D eigenvalue weighted by Crippen LogP contribution is -2.34. The highest BCUT2D eigenvalue weighted by atomic mass is 35.5. The number of aromatic nitrogens is 2. The Morgan fingerprint density at radius 3 is 2.67 bits per heavy atom. The summed E-state index contributed by atoms with van der Waals surface area (Å²) in [5.74, 6) is -0.847. The summed E-state index contributed by atoms with van der Waals surface area (Å²) in [7, 11) is 1.54. The smallest absolute Gasteiger partial charge is 0.315 e. The van der Waals surface area contributed by atoms with Gasteiger partial charge in [0.05, 0.1) is 16.7 Å². The molecule has 1 aliphatic heterocycles. The van der Waals surface area contributed by atoms with Crippen molar-refractivity contribution in [2.75, 3.05) is 20.3 Å². The van der Waals surface area contributed by atoms with Crippen LogP contribution in [0.3, 0.4) is 0 Å². The van der Waals surface area contributed by atoms with Gasteiger partial charge in [-0.25, -0.2) is 0 Å². The Balaban J connectivity index is 2.16. The molecule has 30 heavy (non-hydrogen) atoms. The summed E-state index contributed by atoms with van der Waals surface area (Å²) >= 11 is 12.9. The molecule has 2 aromatic rings. The van der Waals surface area contributed by atoms with E-state index in [-0.39, 0.29) is 6.61 Å². The van der Waals surface area contributed by atoms with Crippen LogP contribution in [0.2, 0.25) is 10.0 Å². The van der Waals surface area contributed by atoms with Gasteiger partial charge in [-0.05, 0) is 25.5 Å². The second kappa shape index (κ2) is 9.73. The third kappa shape index (κ3) is 4.43. The predicted octanol–water partition coefficient (Wildman–Crippen LogP) is 4.73. The summed E-state index contributed by atoms with van der Waals surface area (Å²) in [6.07, 6.45) is 0.614. The quantitative estimate of drug-likeness (QED) is 0.446. The highest BCUT2D eigenvalue weighted by Crippen LogP contribution is 2.47. The van der Waals surface area contributed by atoms with E-state index < -0.39 is 17.8 Å². The largest absolute Gasteiger partial charge is 0.463 e. The van der Waals surface area contributed by atoms with Crippen molar-refractivity contribution in [1.82, 2.24) is 10.1 Å². The first-order valence-corrected chi connectivity index (χ1v) is 10.3. The Morgan fingerprint density at radius 2 is 2.00 bits per heavy atom. The zero-order valence-corrected chi connectivity index (χ0v) is 18.8. The van der Waals surface area contributed by atoms with Gasteiger partial charge in [-0.15, -0.1) is 0 Å². The van der Waals surface area contributed by atoms with Gasteiger partial charge in [0, 0.05) is 36.4 Å². The third-order valence-electron chi connectivity index (χ3n) is 4.95. The van der Waals surface area contributed by atoms with Crippen molar-refractivity contribution < 1.29 is 18.8 Å². The Kier molecular flexibility index (Phi) is 7.28. The molecule has 0 fully saturated rings. The molecule has 3 rings (SSSR count). The highest BCUT2D eigenvalue weighted by Gasteiger charge is 2.42. The number of esters is 1. The first-order chi connectivity index (χ1) is 14.4. The van der Waals surface area contributed by atoms with Gasteiger partial charge < -0.3 is 14.0 Å². The van der Waals surface area contributed by atoms with Crippen molar-refractivity contribution >= 4 is 40.5 Å². The van der Waals surface area contributed by atoms with Gasteiger partial charge in [0.2, 0.25) is 0 Å². The van der Waals surface area contributed by atoms with E-state index in [2.05, 4.69) is 15.1 Å². The number of aliphatic imine (C=N–C) groups is 1. The molecule has 0 amide bonds. The summed E-state index contributed by atoms with van der Waals surface area (Å²) in [5.41, 5.74) is 2.57. The van der Waals surface area contributed by atoms with Gasteiger partial charge in [-0.2, -0.15) is 4.98 Å². The summed E-state index contributed by atoms with van der Waals surface area (Å²) in [6.45, 7) is 5.99. The monoisotopic (exact) mass is 451 g/mol. The molecule has 1 aromatic heterocycles. The lowest BCUT2D eigenvalue weighted by atomic mass is 9.75. The van der Waals surface area contributed by atoms with Crippen LogP contribution in [0.5, 0.6) is 0 Å². The third-order valence-corrected chi connectivity index (χ3v) is 5.78. The predicted molar refractivity (Wildman–Crippen MR) is 115 cm³/mol. The van der Waals surface area contributed by atoms with Crippen molar-refractivity contribution in [3.8, 4) is 0 Å². The minimum atomic E-state index is -0.728. The molecule has 7 nitrogen and oxygen atoms in total. The Hall–Kier alpha value is -2.22. The van der Waals surface area contributed by atoms with Gasteiger partial charge in [0.25, 0.3) is 5.89 Å². The van der Waals surface area contributed by atoms with Crippen LogP contribution in [-0.2, 0) is 20.7 Å². The number of halogens is 2. The normalized spacial score (nSPS) is 19.1. The fraction of sp³-hybridized carbons (Fsp3) is 0.429. The number of aryl methyl sites for hydroxylation is 1. The molecule has 0 spiro atoms. The summed E-state index contributed by atoms with van der Waals surface area (Å²) in [5, 5.41) is 4.74. The number of nitrogens with zero attached hydrogens (tertiary/aromatic N) is 3. The SMILES string of the molecule is CCc1noc(C2=C(C)N=C(C)C(C(=O)OCCOC)C2c2cccc(Cl)c2Cl)n1. The molecular weight excluding hydrogens is 429 g/mol. The molecule has 1 aliphatic rings. The van der Waals surface area contributed by atoms with Crippen molar-refractivity contribution in [2.24, 2.45) is 10.9 Å². The molecule has 160 valence electrons. The second-order valence-electron chi connectivity index (χ2n) is 6.88. The standard InChI is InChI=1S/C21H23Cl2N3O4/c1-5-15-25-20(30-26-15)16-11(2)24-12(3)17(21(27)29-10-9-28-4)18(16)13-7-6-8-14(22)19(13)23/h6-8,17-18H,5,9-10H2,1-4H3. The maximum Gasteiger partial charge on any atom is 0.315 e. The van der Waals surface area contributed by atoms with Gasteiger partial charge in [-0.3, -0.25) is 9.79 Å². The average Bonchev–Trinajstić information content (AvgIpc) is 3.18. The fourth-order valence-corrected chi connectivity index (χ4v) is 3.97. The molecule has 0 aliphatic carbocycles. The van der Waals surface area contributed by atoms with Crippen LogP contribution in [-0.4, -0.2) is 42.1 Å². The van der Waals surface area contributed by atoms with Crippen molar-refractivity contribution in [2.45, 2.75) is 33.1 Å². The van der Waals surface area contributed by atoms with E-state index in [1.165, 1.54) is 0 Å². The highest BCUT2D eigenvalue weighted by molar-refractivity contribution is 6.42. The van der Waals surface area contributed by atoms with E-state index in [1.807, 2.05) is 19.9 Å². The number of ether oxygens (including phenoxy) is 2. The Morgan fingerprint density at radius 1 is 1.23 bits per heavy atom. The Labute approximate surface area is 185 Å². The molecule has 9 heteroatoms. The van der Waals surface area contributed by atoms with Crippen molar-refractivity contribution in [3.63, 3.8) is 0 Å². The summed E-state index contributed by atoms with van der Waals surface area (Å²) in [6, 6.07) is 5.31. The molecule has 0 saturated carbocycles. The Bertz CT molecular complexity index is 1000. The number of methoxy groups -OCH3 is 1. The minimum absolute atomic E-state index is 0.133. The van der Waals surface area contributed by atoms with Crippen LogP contribution in [0.15, 0.2) is 33.4 Å². The van der Waals surface area contributed by atoms with Crippen LogP contribution in [0.25, 0.3) is 5.57 Å². The second-order valence-corrected chi connectivity index (χ2v) is 7.67. The molecule has 2 unspecified atom stereocenters. The topological polar surface area (TPSA) is 86.8 Å². The minimum Gasteiger partial charge on any atom is -0.463 e. The van der Waals surface area contributed by atoms with Gasteiger partial charge in [0.1, 0.15) is 12.5 Å². The molecule has 2 atom stereocenters. The number of benzene rings is 1. The van der Waals surface area contributed by atoms with Crippen LogP contribution in [0.4, 0.5) is 0 Å². The number of rotatable bonds is 7. The maximum absolute atomic E-state index is 13.1. The average molecular weight is 452 g/mol. The van der Waals surface area contributed by atoms with Crippen molar-refractivity contribution in [1.29, 1.82) is 0 Å². The van der Waals surface area contributed by atoms with E-state index in [0.29, 0.717) is 57.3 Å². The fourth-order valence-electron chi connectivity index (χ4n) is 3.54. The van der Waals surface area contributed by atoms with Crippen molar-refractivity contribution in [3.05, 3.63) is 51.2 Å². The molecule has 2 heterocycles. The lowest BCUT2D eigenvalue weighted by Gasteiger charge is -2.31. The molecule has 0 bridgehead atoms. The molecular formula is C21H23Cl2N3O4. The van der Waals surface area contributed by atoms with Crippen LogP contribution < -0.4 is 0 Å². The molecule has 0 saturated heterocycles. The van der Waals surface area contributed by atoms with Gasteiger partial charge >= 0.3 is 5.97 Å². The number of carbonyl (C=O) groups excluding carboxylic acids is 1. The first-order valence-electron chi connectivity index (χ1n) is 9.57. The van der Waals surface area contributed by atoms with E-state index >= 15 is 0 Å². The van der Waals surface area contributed by atoms with E-state index in [9.17, 15) is 4.79 Å². The number of hydrogen-bond acceptors (Lipinski definition) is 7. The van der Waals surface area contributed by atoms with Crippen LogP contribution >= 0.6 is 23.2 Å². The number of allylic oxidation sites excluding steroid dienone is 2. The van der Waals surface area contributed by atoms with Gasteiger partial charge in [-0.1, -0.05) is 47.4 Å². The summed E-state index contributed by atoms with van der Waals surface area (Å²) < 4.78 is 15.9. The van der Waals surface area contributed by atoms with E-state index in [0.717, 1.165) is 0 Å². The lowest BCUT2D eigenvalue weighted by molar-refractivity contribution is -0.147. The van der Waals surface area contributed by atoms with E-state index in [1.54, 1.807) is 26.2 Å².